The first-order valence-electron chi connectivity index (χ1n) is 12.9. The van der Waals surface area contributed by atoms with Gasteiger partial charge in [0.05, 0.1) is 42.0 Å². The van der Waals surface area contributed by atoms with Gasteiger partial charge in [0.1, 0.15) is 0 Å². The van der Waals surface area contributed by atoms with Crippen LogP contribution in [0.3, 0.4) is 0 Å². The molecule has 1 atom stereocenters. The Morgan fingerprint density at radius 2 is 1.62 bits per heavy atom. The summed E-state index contributed by atoms with van der Waals surface area (Å²) < 4.78 is 47.4. The molecule has 40 heavy (non-hydrogen) atoms. The standard InChI is InChI=1S/C30H26F3N5O2/c1-29(39,30(31,32)33)22-9-6-21(7-10-22)26-18-34-27(37-14-16-40-17-15-37)28-36-24(19-38(26)28)13-12-23-11-8-20-4-2-3-5-25(20)35-23/h2-13,18-19,39H,14-17H2,1H3/b13-12+. The quantitative estimate of drug-likeness (QED) is 0.305. The van der Waals surface area contributed by atoms with Crippen molar-refractivity contribution < 1.29 is 23.0 Å². The van der Waals surface area contributed by atoms with Crippen molar-refractivity contribution in [2.24, 2.45) is 0 Å². The molecule has 10 heteroatoms. The molecular formula is C30H26F3N5O2. The van der Waals surface area contributed by atoms with E-state index in [1.54, 1.807) is 18.3 Å². The van der Waals surface area contributed by atoms with Gasteiger partial charge < -0.3 is 14.7 Å². The second-order valence-corrected chi connectivity index (χ2v) is 9.84. The van der Waals surface area contributed by atoms with Gasteiger partial charge >= 0.3 is 6.18 Å². The molecule has 1 unspecified atom stereocenters. The van der Waals surface area contributed by atoms with Crippen LogP contribution in [0.1, 0.15) is 23.9 Å². The van der Waals surface area contributed by atoms with Crippen LogP contribution in [0.25, 0.3) is 40.0 Å². The largest absolute Gasteiger partial charge is 0.421 e. The number of alkyl halides is 3. The smallest absolute Gasteiger partial charge is 0.378 e. The van der Waals surface area contributed by atoms with Crippen molar-refractivity contribution in [2.75, 3.05) is 31.2 Å². The molecule has 1 saturated heterocycles. The van der Waals surface area contributed by atoms with Gasteiger partial charge in [-0.3, -0.25) is 4.40 Å². The summed E-state index contributed by atoms with van der Waals surface area (Å²) in [6.07, 6.45) is 2.53. The minimum absolute atomic E-state index is 0.241. The second-order valence-electron chi connectivity index (χ2n) is 9.84. The van der Waals surface area contributed by atoms with Crippen LogP contribution < -0.4 is 4.90 Å². The number of aliphatic hydroxyl groups is 1. The lowest BCUT2D eigenvalue weighted by molar-refractivity contribution is -0.258. The van der Waals surface area contributed by atoms with Crippen LogP contribution in [0.15, 0.2) is 73.1 Å². The maximum Gasteiger partial charge on any atom is 0.421 e. The van der Waals surface area contributed by atoms with E-state index in [1.807, 2.05) is 59.1 Å². The highest BCUT2D eigenvalue weighted by Crippen LogP contribution is 2.39. The Labute approximate surface area is 228 Å². The highest BCUT2D eigenvalue weighted by atomic mass is 19.4. The van der Waals surface area contributed by atoms with Gasteiger partial charge in [-0.05, 0) is 36.8 Å². The Bertz CT molecular complexity index is 1700. The van der Waals surface area contributed by atoms with E-state index >= 15 is 0 Å². The Morgan fingerprint density at radius 1 is 0.900 bits per heavy atom. The molecule has 7 nitrogen and oxygen atoms in total. The van der Waals surface area contributed by atoms with Gasteiger partial charge in [-0.1, -0.05) is 48.5 Å². The van der Waals surface area contributed by atoms with Crippen LogP contribution in [-0.4, -0.2) is 56.9 Å². The predicted molar refractivity (Wildman–Crippen MR) is 148 cm³/mol. The fourth-order valence-electron chi connectivity index (χ4n) is 4.75. The van der Waals surface area contributed by atoms with Crippen molar-refractivity contribution in [3.05, 3.63) is 90.0 Å². The summed E-state index contributed by atoms with van der Waals surface area (Å²) in [7, 11) is 0. The predicted octanol–water partition coefficient (Wildman–Crippen LogP) is 5.72. The van der Waals surface area contributed by atoms with Crippen molar-refractivity contribution in [1.82, 2.24) is 19.4 Å². The van der Waals surface area contributed by atoms with Gasteiger partial charge in [-0.25, -0.2) is 15.0 Å². The summed E-state index contributed by atoms with van der Waals surface area (Å²) in [5.41, 5.74) is 1.08. The molecule has 0 spiro atoms. The maximum atomic E-state index is 13.4. The van der Waals surface area contributed by atoms with E-state index < -0.39 is 11.8 Å². The number of hydrogen-bond acceptors (Lipinski definition) is 6. The number of rotatable bonds is 5. The minimum Gasteiger partial charge on any atom is -0.378 e. The molecule has 0 saturated carbocycles. The van der Waals surface area contributed by atoms with Gasteiger partial charge in [0.25, 0.3) is 0 Å². The number of aromatic nitrogens is 4. The number of fused-ring (bicyclic) bond motifs is 2. The first-order chi connectivity index (χ1) is 19.2. The third-order valence-electron chi connectivity index (χ3n) is 7.14. The molecule has 1 aliphatic heterocycles. The van der Waals surface area contributed by atoms with Gasteiger partial charge in [0, 0.05) is 30.2 Å². The fraction of sp³-hybridized carbons (Fsp3) is 0.233. The number of ether oxygens (including phenoxy) is 1. The van der Waals surface area contributed by atoms with E-state index in [9.17, 15) is 18.3 Å². The SMILES string of the molecule is CC(O)(c1ccc(-c2cnc(N3CCOCC3)c3nc(/C=C/c4ccc5ccccc5n4)cn23)cc1)C(F)(F)F. The van der Waals surface area contributed by atoms with Crippen molar-refractivity contribution in [3.8, 4) is 11.3 Å². The molecule has 0 amide bonds. The van der Waals surface area contributed by atoms with E-state index in [-0.39, 0.29) is 5.56 Å². The molecule has 1 aliphatic rings. The lowest BCUT2D eigenvalue weighted by atomic mass is 9.94. The topological polar surface area (TPSA) is 75.8 Å². The van der Waals surface area contributed by atoms with Crippen LogP contribution in [0.4, 0.5) is 19.0 Å². The number of nitrogens with zero attached hydrogens (tertiary/aromatic N) is 5. The maximum absolute atomic E-state index is 13.4. The number of para-hydroxylation sites is 1. The lowest BCUT2D eigenvalue weighted by Crippen LogP contribution is -2.39. The first-order valence-corrected chi connectivity index (χ1v) is 12.9. The number of anilines is 1. The average Bonchev–Trinajstić information content (AvgIpc) is 3.40. The van der Waals surface area contributed by atoms with Crippen LogP contribution in [0, 0.1) is 0 Å². The Hall–Kier alpha value is -4.28. The number of morpholine rings is 1. The lowest BCUT2D eigenvalue weighted by Gasteiger charge is -2.28. The minimum atomic E-state index is -4.80. The zero-order valence-corrected chi connectivity index (χ0v) is 21.6. The van der Waals surface area contributed by atoms with Crippen LogP contribution in [0.2, 0.25) is 0 Å². The van der Waals surface area contributed by atoms with E-state index in [4.69, 9.17) is 14.7 Å². The van der Waals surface area contributed by atoms with Crippen LogP contribution >= 0.6 is 0 Å². The summed E-state index contributed by atoms with van der Waals surface area (Å²) >= 11 is 0. The molecule has 0 aliphatic carbocycles. The number of imidazole rings is 1. The van der Waals surface area contributed by atoms with E-state index in [2.05, 4.69) is 9.88 Å². The molecule has 2 aromatic carbocycles. The summed E-state index contributed by atoms with van der Waals surface area (Å²) in [4.78, 5) is 16.4. The summed E-state index contributed by atoms with van der Waals surface area (Å²) in [5.74, 6) is 0.701. The van der Waals surface area contributed by atoms with E-state index in [0.717, 1.165) is 23.5 Å². The van der Waals surface area contributed by atoms with Gasteiger partial charge in [-0.15, -0.1) is 0 Å². The Balaban J connectivity index is 1.40. The third-order valence-corrected chi connectivity index (χ3v) is 7.14. The summed E-state index contributed by atoms with van der Waals surface area (Å²) in [6, 6.07) is 17.5. The number of hydrogen-bond donors (Lipinski definition) is 1. The highest BCUT2D eigenvalue weighted by Gasteiger charge is 2.51. The third kappa shape index (κ3) is 4.80. The molecule has 1 fully saturated rings. The van der Waals surface area contributed by atoms with Crippen molar-refractivity contribution in [1.29, 1.82) is 0 Å². The number of halogens is 3. The molecule has 5 aromatic rings. The van der Waals surface area contributed by atoms with Crippen molar-refractivity contribution in [3.63, 3.8) is 0 Å². The highest BCUT2D eigenvalue weighted by molar-refractivity contribution is 5.81. The normalized spacial score (nSPS) is 16.2. The molecular weight excluding hydrogens is 519 g/mol. The second kappa shape index (κ2) is 10.0. The molecule has 0 radical (unpaired) electrons. The monoisotopic (exact) mass is 545 g/mol. The van der Waals surface area contributed by atoms with E-state index in [1.165, 1.54) is 12.1 Å². The van der Waals surface area contributed by atoms with Gasteiger partial charge in [0.15, 0.2) is 17.1 Å². The molecule has 0 bridgehead atoms. The molecule has 204 valence electrons. The van der Waals surface area contributed by atoms with Crippen molar-refractivity contribution >= 4 is 34.5 Å². The number of pyridine rings is 1. The molecule has 4 heterocycles. The Kier molecular flexibility index (Phi) is 6.52. The van der Waals surface area contributed by atoms with Gasteiger partial charge in [0.2, 0.25) is 0 Å². The fourth-order valence-corrected chi connectivity index (χ4v) is 4.75. The van der Waals surface area contributed by atoms with Crippen LogP contribution in [-0.2, 0) is 10.3 Å². The first kappa shape index (κ1) is 26.0. The summed E-state index contributed by atoms with van der Waals surface area (Å²) in [5, 5.41) is 11.1. The average molecular weight is 546 g/mol. The zero-order valence-electron chi connectivity index (χ0n) is 21.6. The summed E-state index contributed by atoms with van der Waals surface area (Å²) in [6.45, 7) is 3.25. The Morgan fingerprint density at radius 3 is 2.38 bits per heavy atom. The number of benzene rings is 2. The molecule has 1 N–H and O–H groups in total. The molecule has 6 rings (SSSR count). The molecule has 3 aromatic heterocycles. The van der Waals surface area contributed by atoms with Gasteiger partial charge in [-0.2, -0.15) is 13.2 Å². The zero-order chi connectivity index (χ0) is 27.9. The van der Waals surface area contributed by atoms with Crippen LogP contribution in [0.5, 0.6) is 0 Å². The van der Waals surface area contributed by atoms with Crippen molar-refractivity contribution in [2.45, 2.75) is 18.7 Å². The van der Waals surface area contributed by atoms with E-state index in [0.29, 0.717) is 54.7 Å².